The number of benzene rings is 3. The maximum atomic E-state index is 13.3. The Morgan fingerprint density at radius 3 is 2.29 bits per heavy atom. The molecule has 0 aliphatic carbocycles. The Labute approximate surface area is 217 Å². The van der Waals surface area contributed by atoms with Crippen LogP contribution in [0.5, 0.6) is 0 Å². The molecule has 0 bridgehead atoms. The second-order valence-electron chi connectivity index (χ2n) is 8.89. The second kappa shape index (κ2) is 11.1. The number of nitrogens with zero attached hydrogens (tertiary/aromatic N) is 1. The third-order valence-electron chi connectivity index (χ3n) is 6.47. The van der Waals surface area contributed by atoms with E-state index in [-0.39, 0.29) is 23.6 Å². The summed E-state index contributed by atoms with van der Waals surface area (Å²) in [5, 5.41) is 3.95. The van der Waals surface area contributed by atoms with Crippen LogP contribution < -0.4 is 5.32 Å². The van der Waals surface area contributed by atoms with Gasteiger partial charge in [-0.05, 0) is 54.2 Å². The quantitative estimate of drug-likeness (QED) is 0.422. The monoisotopic (exact) mass is 530 g/mol. The first-order chi connectivity index (χ1) is 16.7. The van der Waals surface area contributed by atoms with Crippen LogP contribution in [0.4, 0.5) is 0 Å². The number of carbonyl (C=O) groups is 1. The minimum Gasteiger partial charge on any atom is -0.345 e. The van der Waals surface area contributed by atoms with Gasteiger partial charge in [0.1, 0.15) is 0 Å². The van der Waals surface area contributed by atoms with E-state index >= 15 is 0 Å². The van der Waals surface area contributed by atoms with E-state index in [1.165, 1.54) is 4.31 Å². The Morgan fingerprint density at radius 1 is 0.971 bits per heavy atom. The zero-order chi connectivity index (χ0) is 25.0. The molecule has 3 aromatic carbocycles. The van der Waals surface area contributed by atoms with E-state index in [1.54, 1.807) is 18.2 Å². The van der Waals surface area contributed by atoms with Gasteiger partial charge in [0.2, 0.25) is 15.9 Å². The summed E-state index contributed by atoms with van der Waals surface area (Å²) in [5.41, 5.74) is 3.75. The van der Waals surface area contributed by atoms with Crippen molar-refractivity contribution in [3.63, 3.8) is 0 Å². The topological polar surface area (TPSA) is 66.5 Å². The molecular weight excluding hydrogens is 503 g/mol. The van der Waals surface area contributed by atoms with Crippen molar-refractivity contribution in [3.8, 4) is 0 Å². The first kappa shape index (κ1) is 25.7. The SMILES string of the molecule is Cc1ccccc1[C@H](NC(=O)C1CCN(S(=O)(=O)Cc2ccc(Cl)c(Cl)c2)CC1)c1ccccc1. The Kier molecular flexibility index (Phi) is 8.17. The standard InChI is InChI=1S/C27H28Cl2N2O3S/c1-19-7-5-6-10-23(19)26(21-8-3-2-4-9-21)30-27(32)22-13-15-31(16-14-22)35(33,34)18-20-11-12-24(28)25(29)17-20/h2-12,17,22,26H,13-16,18H2,1H3,(H,30,32)/t26-/m1/s1. The largest absolute Gasteiger partial charge is 0.345 e. The summed E-state index contributed by atoms with van der Waals surface area (Å²) < 4.78 is 27.4. The number of aryl methyl sites for hydroxylation is 1. The summed E-state index contributed by atoms with van der Waals surface area (Å²) in [6, 6.07) is 22.5. The van der Waals surface area contributed by atoms with Crippen molar-refractivity contribution in [1.82, 2.24) is 9.62 Å². The third-order valence-corrected chi connectivity index (χ3v) is 9.06. The zero-order valence-electron chi connectivity index (χ0n) is 19.5. The highest BCUT2D eigenvalue weighted by atomic mass is 35.5. The van der Waals surface area contributed by atoms with Gasteiger partial charge in [0.25, 0.3) is 0 Å². The lowest BCUT2D eigenvalue weighted by Crippen LogP contribution is -2.44. The number of piperidine rings is 1. The molecule has 0 unspecified atom stereocenters. The highest BCUT2D eigenvalue weighted by Crippen LogP contribution is 2.28. The van der Waals surface area contributed by atoms with Crippen LogP contribution in [0.15, 0.2) is 72.8 Å². The van der Waals surface area contributed by atoms with Crippen molar-refractivity contribution in [1.29, 1.82) is 0 Å². The van der Waals surface area contributed by atoms with E-state index < -0.39 is 10.0 Å². The Hall–Kier alpha value is -2.38. The zero-order valence-corrected chi connectivity index (χ0v) is 21.8. The van der Waals surface area contributed by atoms with Crippen molar-refractivity contribution in [2.24, 2.45) is 5.92 Å². The summed E-state index contributed by atoms with van der Waals surface area (Å²) >= 11 is 12.0. The van der Waals surface area contributed by atoms with Crippen LogP contribution in [0.1, 0.15) is 41.1 Å². The van der Waals surface area contributed by atoms with Gasteiger partial charge >= 0.3 is 0 Å². The number of sulfonamides is 1. The van der Waals surface area contributed by atoms with Gasteiger partial charge in [0.15, 0.2) is 0 Å². The Bertz CT molecular complexity index is 1290. The molecule has 1 aliphatic heterocycles. The van der Waals surface area contributed by atoms with E-state index in [0.29, 0.717) is 41.5 Å². The smallest absolute Gasteiger partial charge is 0.223 e. The molecule has 0 radical (unpaired) electrons. The highest BCUT2D eigenvalue weighted by molar-refractivity contribution is 7.88. The molecule has 184 valence electrons. The van der Waals surface area contributed by atoms with Crippen LogP contribution in [-0.4, -0.2) is 31.7 Å². The lowest BCUT2D eigenvalue weighted by Gasteiger charge is -2.32. The maximum absolute atomic E-state index is 13.3. The molecule has 1 N–H and O–H groups in total. The summed E-state index contributed by atoms with van der Waals surface area (Å²) in [5.74, 6) is -0.449. The number of rotatable bonds is 7. The van der Waals surface area contributed by atoms with Crippen LogP contribution in [0.2, 0.25) is 10.0 Å². The van der Waals surface area contributed by atoms with Crippen LogP contribution in [0.3, 0.4) is 0 Å². The maximum Gasteiger partial charge on any atom is 0.223 e. The molecule has 0 aromatic heterocycles. The van der Waals surface area contributed by atoms with Crippen LogP contribution in [-0.2, 0) is 20.6 Å². The molecule has 1 heterocycles. The first-order valence-corrected chi connectivity index (χ1v) is 13.9. The van der Waals surface area contributed by atoms with E-state index in [0.717, 1.165) is 16.7 Å². The summed E-state index contributed by atoms with van der Waals surface area (Å²) in [6.07, 6.45) is 0.948. The molecule has 1 atom stereocenters. The molecule has 3 aromatic rings. The fourth-order valence-corrected chi connectivity index (χ4v) is 6.36. The van der Waals surface area contributed by atoms with Crippen LogP contribution in [0.25, 0.3) is 0 Å². The van der Waals surface area contributed by atoms with Gasteiger partial charge in [-0.1, -0.05) is 83.9 Å². The third kappa shape index (κ3) is 6.25. The lowest BCUT2D eigenvalue weighted by molar-refractivity contribution is -0.126. The number of nitrogens with one attached hydrogen (secondary N) is 1. The number of hydrogen-bond acceptors (Lipinski definition) is 3. The Balaban J connectivity index is 1.42. The molecule has 1 amide bonds. The summed E-state index contributed by atoms with van der Waals surface area (Å²) in [4.78, 5) is 13.3. The van der Waals surface area contributed by atoms with E-state index in [2.05, 4.69) is 5.32 Å². The van der Waals surface area contributed by atoms with Gasteiger partial charge in [-0.15, -0.1) is 0 Å². The highest BCUT2D eigenvalue weighted by Gasteiger charge is 2.32. The molecular formula is C27H28Cl2N2O3S. The van der Waals surface area contributed by atoms with Gasteiger partial charge in [0, 0.05) is 19.0 Å². The predicted molar refractivity (Wildman–Crippen MR) is 141 cm³/mol. The van der Waals surface area contributed by atoms with Crippen LogP contribution >= 0.6 is 23.2 Å². The molecule has 4 rings (SSSR count). The second-order valence-corrected chi connectivity index (χ2v) is 11.7. The molecule has 0 saturated carbocycles. The fraction of sp³-hybridized carbons (Fsp3) is 0.296. The summed E-state index contributed by atoms with van der Waals surface area (Å²) in [6.45, 7) is 2.65. The predicted octanol–water partition coefficient (Wildman–Crippen LogP) is 5.75. The van der Waals surface area contributed by atoms with Gasteiger partial charge in [-0.25, -0.2) is 12.7 Å². The first-order valence-electron chi connectivity index (χ1n) is 11.6. The fourth-order valence-electron chi connectivity index (χ4n) is 4.48. The normalized spacial score (nSPS) is 16.1. The van der Waals surface area contributed by atoms with Crippen molar-refractivity contribution < 1.29 is 13.2 Å². The lowest BCUT2D eigenvalue weighted by atomic mass is 9.92. The molecule has 1 fully saturated rings. The van der Waals surface area contributed by atoms with Crippen molar-refractivity contribution >= 4 is 39.1 Å². The van der Waals surface area contributed by atoms with E-state index in [1.807, 2.05) is 61.5 Å². The van der Waals surface area contributed by atoms with Gasteiger partial charge in [0.05, 0.1) is 21.8 Å². The molecule has 0 spiro atoms. The Morgan fingerprint density at radius 2 is 1.63 bits per heavy atom. The number of amides is 1. The van der Waals surface area contributed by atoms with E-state index in [9.17, 15) is 13.2 Å². The molecule has 1 saturated heterocycles. The number of hydrogen-bond donors (Lipinski definition) is 1. The number of carbonyl (C=O) groups excluding carboxylic acids is 1. The molecule has 8 heteroatoms. The van der Waals surface area contributed by atoms with Gasteiger partial charge in [-0.3, -0.25) is 4.79 Å². The van der Waals surface area contributed by atoms with Crippen molar-refractivity contribution in [3.05, 3.63) is 105 Å². The van der Waals surface area contributed by atoms with Gasteiger partial charge in [-0.2, -0.15) is 0 Å². The molecule has 35 heavy (non-hydrogen) atoms. The average molecular weight is 532 g/mol. The van der Waals surface area contributed by atoms with Crippen LogP contribution in [0, 0.1) is 12.8 Å². The van der Waals surface area contributed by atoms with Crippen molar-refractivity contribution in [2.45, 2.75) is 31.6 Å². The average Bonchev–Trinajstić information content (AvgIpc) is 2.86. The minimum absolute atomic E-state index is 0.0522. The van der Waals surface area contributed by atoms with E-state index in [4.69, 9.17) is 23.2 Å². The van der Waals surface area contributed by atoms with Crippen molar-refractivity contribution in [2.75, 3.05) is 13.1 Å². The van der Waals surface area contributed by atoms with Gasteiger partial charge < -0.3 is 5.32 Å². The number of halogens is 2. The summed E-state index contributed by atoms with van der Waals surface area (Å²) in [7, 11) is -3.53. The minimum atomic E-state index is -3.53. The molecule has 1 aliphatic rings. The molecule has 5 nitrogen and oxygen atoms in total.